The van der Waals surface area contributed by atoms with Gasteiger partial charge in [0.1, 0.15) is 11.8 Å². The van der Waals surface area contributed by atoms with Crippen LogP contribution in [0.3, 0.4) is 0 Å². The van der Waals surface area contributed by atoms with Crippen molar-refractivity contribution in [2.24, 2.45) is 0 Å². The number of ether oxygens (including phenoxy) is 1. The van der Waals surface area contributed by atoms with Gasteiger partial charge in [-0.25, -0.2) is 0 Å². The minimum absolute atomic E-state index is 0.381. The van der Waals surface area contributed by atoms with Crippen LogP contribution in [0.5, 0.6) is 5.75 Å². The van der Waals surface area contributed by atoms with Gasteiger partial charge in [0.25, 0.3) is 5.91 Å². The Morgan fingerprint density at radius 1 is 1.24 bits per heavy atom. The molecule has 2 aromatic rings. The maximum absolute atomic E-state index is 12.3. The molecule has 21 heavy (non-hydrogen) atoms. The molecule has 1 amide bonds. The molecule has 3 rings (SSSR count). The Morgan fingerprint density at radius 3 is 2.81 bits per heavy atom. The van der Waals surface area contributed by atoms with Gasteiger partial charge in [0.15, 0.2) is 0 Å². The molecule has 0 saturated heterocycles. The van der Waals surface area contributed by atoms with Crippen LogP contribution in [0, 0.1) is 11.3 Å². The number of hydrogen-bond acceptors (Lipinski definition) is 4. The molecule has 1 aliphatic rings. The molecule has 5 nitrogen and oxygen atoms in total. The van der Waals surface area contributed by atoms with Crippen molar-refractivity contribution in [1.82, 2.24) is 0 Å². The van der Waals surface area contributed by atoms with Crippen LogP contribution in [0.1, 0.15) is 5.56 Å². The third-order valence-electron chi connectivity index (χ3n) is 3.49. The Morgan fingerprint density at radius 2 is 2.05 bits per heavy atom. The van der Waals surface area contributed by atoms with Gasteiger partial charge in [0.05, 0.1) is 7.11 Å². The lowest BCUT2D eigenvalue weighted by atomic mass is 9.92. The second-order valence-corrected chi connectivity index (χ2v) is 4.72. The van der Waals surface area contributed by atoms with E-state index in [9.17, 15) is 10.1 Å². The maximum Gasteiger partial charge on any atom is 0.269 e. The zero-order valence-electron chi connectivity index (χ0n) is 11.4. The minimum atomic E-state index is -1.43. The van der Waals surface area contributed by atoms with E-state index in [4.69, 9.17) is 4.74 Å². The van der Waals surface area contributed by atoms with Crippen LogP contribution in [0.2, 0.25) is 0 Å². The number of amides is 1. The first-order valence-corrected chi connectivity index (χ1v) is 6.44. The molecule has 2 aromatic carbocycles. The highest BCUT2D eigenvalue weighted by atomic mass is 16.5. The first-order valence-electron chi connectivity index (χ1n) is 6.44. The second-order valence-electron chi connectivity index (χ2n) is 4.72. The number of benzene rings is 2. The SMILES string of the molecule is COc1cccc(NC2(C#N)C(=O)Nc3ccccc32)c1. The third-order valence-corrected chi connectivity index (χ3v) is 3.49. The number of nitriles is 1. The van der Waals surface area contributed by atoms with E-state index < -0.39 is 5.54 Å². The summed E-state index contributed by atoms with van der Waals surface area (Å²) < 4.78 is 5.16. The van der Waals surface area contributed by atoms with E-state index in [1.54, 1.807) is 49.6 Å². The first-order chi connectivity index (χ1) is 10.2. The highest BCUT2D eigenvalue weighted by Crippen LogP contribution is 2.38. The zero-order valence-corrected chi connectivity index (χ0v) is 11.4. The summed E-state index contributed by atoms with van der Waals surface area (Å²) in [4.78, 5) is 12.3. The van der Waals surface area contributed by atoms with E-state index in [1.165, 1.54) is 0 Å². The molecule has 1 aliphatic heterocycles. The third kappa shape index (κ3) is 1.98. The van der Waals surface area contributed by atoms with Crippen molar-refractivity contribution in [2.75, 3.05) is 17.7 Å². The van der Waals surface area contributed by atoms with E-state index in [1.807, 2.05) is 6.07 Å². The molecule has 0 aromatic heterocycles. The van der Waals surface area contributed by atoms with Gasteiger partial charge in [-0.2, -0.15) is 5.26 Å². The summed E-state index contributed by atoms with van der Waals surface area (Å²) in [6.45, 7) is 0. The number of methoxy groups -OCH3 is 1. The monoisotopic (exact) mass is 279 g/mol. The van der Waals surface area contributed by atoms with Crippen molar-refractivity contribution in [3.63, 3.8) is 0 Å². The Labute approximate surface area is 122 Å². The van der Waals surface area contributed by atoms with E-state index in [0.717, 1.165) is 0 Å². The van der Waals surface area contributed by atoms with Gasteiger partial charge in [-0.3, -0.25) is 4.79 Å². The summed E-state index contributed by atoms with van der Waals surface area (Å²) in [5, 5.41) is 15.4. The van der Waals surface area contributed by atoms with Crippen molar-refractivity contribution in [2.45, 2.75) is 5.54 Å². The van der Waals surface area contributed by atoms with E-state index >= 15 is 0 Å². The van der Waals surface area contributed by atoms with Crippen molar-refractivity contribution in [1.29, 1.82) is 5.26 Å². The molecule has 1 unspecified atom stereocenters. The van der Waals surface area contributed by atoms with Crippen molar-refractivity contribution in [3.05, 3.63) is 54.1 Å². The molecule has 5 heteroatoms. The molecule has 0 radical (unpaired) electrons. The van der Waals surface area contributed by atoms with Gasteiger partial charge >= 0.3 is 0 Å². The van der Waals surface area contributed by atoms with E-state index in [0.29, 0.717) is 22.7 Å². The summed E-state index contributed by atoms with van der Waals surface area (Å²) in [6, 6.07) is 16.4. The van der Waals surface area contributed by atoms with Crippen LogP contribution in [-0.4, -0.2) is 13.0 Å². The highest BCUT2D eigenvalue weighted by Gasteiger charge is 2.47. The molecule has 0 spiro atoms. The number of nitrogens with zero attached hydrogens (tertiary/aromatic N) is 1. The largest absolute Gasteiger partial charge is 0.497 e. The number of fused-ring (bicyclic) bond motifs is 1. The van der Waals surface area contributed by atoms with Crippen LogP contribution in [-0.2, 0) is 10.3 Å². The number of hydrogen-bond donors (Lipinski definition) is 2. The standard InChI is InChI=1S/C16H13N3O2/c1-21-12-6-4-5-11(9-12)19-16(10-17)13-7-2-3-8-14(13)18-15(16)20/h2-9,19H,1H3,(H,18,20). The van der Waals surface area contributed by atoms with Gasteiger partial charge in [-0.05, 0) is 18.2 Å². The molecule has 0 fully saturated rings. The lowest BCUT2D eigenvalue weighted by molar-refractivity contribution is -0.118. The van der Waals surface area contributed by atoms with Gasteiger partial charge < -0.3 is 15.4 Å². The molecule has 104 valence electrons. The number of carbonyl (C=O) groups excluding carboxylic acids is 1. The number of rotatable bonds is 3. The maximum atomic E-state index is 12.3. The van der Waals surface area contributed by atoms with E-state index in [-0.39, 0.29) is 5.91 Å². The Kier molecular flexibility index (Phi) is 2.99. The fourth-order valence-electron chi connectivity index (χ4n) is 2.44. The average Bonchev–Trinajstić information content (AvgIpc) is 2.80. The molecule has 2 N–H and O–H groups in total. The summed E-state index contributed by atoms with van der Waals surface area (Å²) in [6.07, 6.45) is 0. The summed E-state index contributed by atoms with van der Waals surface area (Å²) in [5.41, 5.74) is 0.491. The fraction of sp³-hybridized carbons (Fsp3) is 0.125. The molecule has 0 bridgehead atoms. The topological polar surface area (TPSA) is 74.1 Å². The van der Waals surface area contributed by atoms with Crippen LogP contribution in [0.15, 0.2) is 48.5 Å². The number of para-hydroxylation sites is 1. The van der Waals surface area contributed by atoms with Crippen molar-refractivity contribution in [3.8, 4) is 11.8 Å². The second kappa shape index (κ2) is 4.84. The molecule has 1 atom stereocenters. The smallest absolute Gasteiger partial charge is 0.269 e. The van der Waals surface area contributed by atoms with E-state index in [2.05, 4.69) is 16.7 Å². The number of carbonyl (C=O) groups is 1. The van der Waals surface area contributed by atoms with Crippen LogP contribution in [0.25, 0.3) is 0 Å². The van der Waals surface area contributed by atoms with Gasteiger partial charge in [-0.1, -0.05) is 24.3 Å². The molecular formula is C16H13N3O2. The van der Waals surface area contributed by atoms with Gasteiger partial charge in [0.2, 0.25) is 5.54 Å². The van der Waals surface area contributed by atoms with Crippen LogP contribution < -0.4 is 15.4 Å². The number of nitrogens with one attached hydrogen (secondary N) is 2. The minimum Gasteiger partial charge on any atom is -0.497 e. The Hall–Kier alpha value is -3.00. The Bertz CT molecular complexity index is 751. The first kappa shape index (κ1) is 13.0. The Balaban J connectivity index is 2.06. The molecular weight excluding hydrogens is 266 g/mol. The lowest BCUT2D eigenvalue weighted by Gasteiger charge is -2.22. The predicted octanol–water partition coefficient (Wildman–Crippen LogP) is 2.48. The predicted molar refractivity (Wildman–Crippen MR) is 79.0 cm³/mol. The summed E-state index contributed by atoms with van der Waals surface area (Å²) in [5.74, 6) is 0.272. The lowest BCUT2D eigenvalue weighted by Crippen LogP contribution is -2.40. The molecule has 0 aliphatic carbocycles. The normalized spacial score (nSPS) is 19.3. The quantitative estimate of drug-likeness (QED) is 0.905. The fourth-order valence-corrected chi connectivity index (χ4v) is 2.44. The molecule has 1 heterocycles. The van der Waals surface area contributed by atoms with Crippen LogP contribution >= 0.6 is 0 Å². The summed E-state index contributed by atoms with van der Waals surface area (Å²) in [7, 11) is 1.57. The zero-order chi connectivity index (χ0) is 14.9. The summed E-state index contributed by atoms with van der Waals surface area (Å²) >= 11 is 0. The van der Waals surface area contributed by atoms with Crippen molar-refractivity contribution >= 4 is 17.3 Å². The van der Waals surface area contributed by atoms with Crippen molar-refractivity contribution < 1.29 is 9.53 Å². The number of anilines is 2. The average molecular weight is 279 g/mol. The molecule has 0 saturated carbocycles. The van der Waals surface area contributed by atoms with Gasteiger partial charge in [0, 0.05) is 23.0 Å². The van der Waals surface area contributed by atoms with Crippen LogP contribution in [0.4, 0.5) is 11.4 Å². The van der Waals surface area contributed by atoms with Gasteiger partial charge in [-0.15, -0.1) is 0 Å². The highest BCUT2D eigenvalue weighted by molar-refractivity contribution is 6.09.